The fourth-order valence-electron chi connectivity index (χ4n) is 2.82. The third-order valence-corrected chi connectivity index (χ3v) is 3.64. The molecule has 18 heavy (non-hydrogen) atoms. The van der Waals surface area contributed by atoms with Gasteiger partial charge in [-0.05, 0) is 37.1 Å². The molecule has 0 amide bonds. The molecule has 1 fully saturated rings. The first-order chi connectivity index (χ1) is 8.74. The molecule has 0 atom stereocenters. The SMILES string of the molecule is FC(F)Oc1ccc2c(ccn2C2CCCC2)c1. The van der Waals surface area contributed by atoms with Crippen LogP contribution in [0.2, 0.25) is 0 Å². The minimum absolute atomic E-state index is 0.224. The van der Waals surface area contributed by atoms with Crippen LogP contribution in [0.25, 0.3) is 10.9 Å². The van der Waals surface area contributed by atoms with Crippen LogP contribution in [0.5, 0.6) is 5.75 Å². The summed E-state index contributed by atoms with van der Waals surface area (Å²) in [5, 5.41) is 0.958. The van der Waals surface area contributed by atoms with Crippen molar-refractivity contribution in [1.29, 1.82) is 0 Å². The van der Waals surface area contributed by atoms with Crippen molar-refractivity contribution in [2.45, 2.75) is 38.3 Å². The highest BCUT2D eigenvalue weighted by Gasteiger charge is 2.18. The van der Waals surface area contributed by atoms with E-state index in [4.69, 9.17) is 0 Å². The maximum absolute atomic E-state index is 12.1. The molecule has 1 aromatic heterocycles. The van der Waals surface area contributed by atoms with E-state index in [1.807, 2.05) is 18.3 Å². The number of rotatable bonds is 3. The van der Waals surface area contributed by atoms with Gasteiger partial charge in [-0.3, -0.25) is 0 Å². The van der Waals surface area contributed by atoms with Crippen molar-refractivity contribution >= 4 is 10.9 Å². The molecule has 0 radical (unpaired) electrons. The first kappa shape index (κ1) is 11.5. The zero-order chi connectivity index (χ0) is 12.5. The van der Waals surface area contributed by atoms with Gasteiger partial charge in [-0.2, -0.15) is 8.78 Å². The summed E-state index contributed by atoms with van der Waals surface area (Å²) < 4.78 is 31.0. The highest BCUT2D eigenvalue weighted by atomic mass is 19.3. The molecule has 96 valence electrons. The minimum atomic E-state index is -2.76. The predicted molar refractivity (Wildman–Crippen MR) is 66.1 cm³/mol. The summed E-state index contributed by atoms with van der Waals surface area (Å²) in [5.74, 6) is 0.224. The minimum Gasteiger partial charge on any atom is -0.435 e. The molecule has 0 N–H and O–H groups in total. The number of fused-ring (bicyclic) bond motifs is 1. The van der Waals surface area contributed by atoms with Crippen molar-refractivity contribution < 1.29 is 13.5 Å². The van der Waals surface area contributed by atoms with Gasteiger partial charge < -0.3 is 9.30 Å². The maximum Gasteiger partial charge on any atom is 0.387 e. The number of benzene rings is 1. The number of aromatic nitrogens is 1. The van der Waals surface area contributed by atoms with E-state index >= 15 is 0 Å². The van der Waals surface area contributed by atoms with E-state index in [-0.39, 0.29) is 5.75 Å². The monoisotopic (exact) mass is 251 g/mol. The van der Waals surface area contributed by atoms with Crippen LogP contribution < -0.4 is 4.74 Å². The van der Waals surface area contributed by atoms with Crippen LogP contribution in [0.3, 0.4) is 0 Å². The van der Waals surface area contributed by atoms with Crippen LogP contribution in [0.4, 0.5) is 8.78 Å². The first-order valence-corrected chi connectivity index (χ1v) is 6.29. The molecule has 1 aliphatic rings. The summed E-state index contributed by atoms with van der Waals surface area (Å²) in [6.07, 6.45) is 7.01. The van der Waals surface area contributed by atoms with E-state index in [0.29, 0.717) is 6.04 Å². The summed E-state index contributed by atoms with van der Waals surface area (Å²) >= 11 is 0. The fraction of sp³-hybridized carbons (Fsp3) is 0.429. The Kier molecular flexibility index (Phi) is 2.94. The van der Waals surface area contributed by atoms with Crippen molar-refractivity contribution in [3.8, 4) is 5.75 Å². The molecule has 4 heteroatoms. The Labute approximate surface area is 104 Å². The lowest BCUT2D eigenvalue weighted by Gasteiger charge is -2.13. The number of nitrogens with zero attached hydrogens (tertiary/aromatic N) is 1. The summed E-state index contributed by atoms with van der Waals surface area (Å²) in [5.41, 5.74) is 1.10. The molecule has 1 aliphatic carbocycles. The maximum atomic E-state index is 12.1. The molecule has 0 spiro atoms. The van der Waals surface area contributed by atoms with Crippen LogP contribution in [0, 0.1) is 0 Å². The molecule has 2 aromatic rings. The van der Waals surface area contributed by atoms with Crippen molar-refractivity contribution in [2.75, 3.05) is 0 Å². The van der Waals surface area contributed by atoms with Crippen LogP contribution in [0.1, 0.15) is 31.7 Å². The Morgan fingerprint density at radius 2 is 1.94 bits per heavy atom. The third kappa shape index (κ3) is 2.07. The second kappa shape index (κ2) is 4.59. The normalized spacial score (nSPS) is 16.8. The lowest BCUT2D eigenvalue weighted by atomic mass is 10.2. The van der Waals surface area contributed by atoms with Crippen LogP contribution in [0.15, 0.2) is 30.5 Å². The van der Waals surface area contributed by atoms with Crippen LogP contribution >= 0.6 is 0 Å². The molecule has 1 saturated carbocycles. The van der Waals surface area contributed by atoms with Gasteiger partial charge in [-0.1, -0.05) is 12.8 Å². The lowest BCUT2D eigenvalue weighted by Crippen LogP contribution is -2.03. The molecule has 1 heterocycles. The molecule has 0 aliphatic heterocycles. The molecule has 0 unspecified atom stereocenters. The summed E-state index contributed by atoms with van der Waals surface area (Å²) in [6, 6.07) is 7.67. The van der Waals surface area contributed by atoms with Crippen LogP contribution in [-0.2, 0) is 0 Å². The largest absolute Gasteiger partial charge is 0.435 e. The Hall–Kier alpha value is -1.58. The molecule has 3 rings (SSSR count). The molecule has 0 bridgehead atoms. The Balaban J connectivity index is 1.94. The molecule has 2 nitrogen and oxygen atoms in total. The Morgan fingerprint density at radius 1 is 1.17 bits per heavy atom. The zero-order valence-electron chi connectivity index (χ0n) is 9.98. The van der Waals surface area contributed by atoms with E-state index in [1.54, 1.807) is 12.1 Å². The van der Waals surface area contributed by atoms with Gasteiger partial charge in [0.15, 0.2) is 0 Å². The number of alkyl halides is 2. The van der Waals surface area contributed by atoms with E-state index < -0.39 is 6.61 Å². The quantitative estimate of drug-likeness (QED) is 0.790. The predicted octanol–water partition coefficient (Wildman–Crippen LogP) is 4.36. The first-order valence-electron chi connectivity index (χ1n) is 6.29. The van der Waals surface area contributed by atoms with Gasteiger partial charge in [0.1, 0.15) is 5.75 Å². The second-order valence-electron chi connectivity index (χ2n) is 4.76. The number of halogens is 2. The molecule has 0 saturated heterocycles. The zero-order valence-corrected chi connectivity index (χ0v) is 9.98. The topological polar surface area (TPSA) is 14.2 Å². The van der Waals surface area contributed by atoms with E-state index in [1.165, 1.54) is 25.7 Å². The van der Waals surface area contributed by atoms with Gasteiger partial charge in [0.25, 0.3) is 0 Å². The van der Waals surface area contributed by atoms with Gasteiger partial charge >= 0.3 is 6.61 Å². The Morgan fingerprint density at radius 3 is 2.67 bits per heavy atom. The van der Waals surface area contributed by atoms with E-state index in [9.17, 15) is 8.78 Å². The average Bonchev–Trinajstić information content (AvgIpc) is 2.94. The van der Waals surface area contributed by atoms with E-state index in [0.717, 1.165) is 10.9 Å². The molecular formula is C14H15F2NO. The van der Waals surface area contributed by atoms with Crippen molar-refractivity contribution in [3.05, 3.63) is 30.5 Å². The summed E-state index contributed by atoms with van der Waals surface area (Å²) in [4.78, 5) is 0. The highest BCUT2D eigenvalue weighted by Crippen LogP contribution is 2.33. The van der Waals surface area contributed by atoms with Crippen LogP contribution in [-0.4, -0.2) is 11.2 Å². The molecule has 1 aromatic carbocycles. The van der Waals surface area contributed by atoms with E-state index in [2.05, 4.69) is 9.30 Å². The number of hydrogen-bond donors (Lipinski definition) is 0. The Bertz CT molecular complexity index is 544. The third-order valence-electron chi connectivity index (χ3n) is 3.64. The smallest absolute Gasteiger partial charge is 0.387 e. The van der Waals surface area contributed by atoms with Crippen molar-refractivity contribution in [1.82, 2.24) is 4.57 Å². The lowest BCUT2D eigenvalue weighted by molar-refractivity contribution is -0.0497. The van der Waals surface area contributed by atoms with Crippen molar-refractivity contribution in [3.63, 3.8) is 0 Å². The number of ether oxygens (including phenoxy) is 1. The van der Waals surface area contributed by atoms with Gasteiger partial charge in [-0.25, -0.2) is 0 Å². The number of hydrogen-bond acceptors (Lipinski definition) is 1. The second-order valence-corrected chi connectivity index (χ2v) is 4.76. The standard InChI is InChI=1S/C14H15F2NO/c15-14(16)18-12-5-6-13-10(9-12)7-8-17(13)11-3-1-2-4-11/h5-9,11,14H,1-4H2. The molecular weight excluding hydrogens is 236 g/mol. The van der Waals surface area contributed by atoms with Gasteiger partial charge in [0.05, 0.1) is 0 Å². The van der Waals surface area contributed by atoms with Gasteiger partial charge in [0.2, 0.25) is 0 Å². The van der Waals surface area contributed by atoms with Gasteiger partial charge in [0, 0.05) is 23.1 Å². The van der Waals surface area contributed by atoms with Gasteiger partial charge in [-0.15, -0.1) is 0 Å². The summed E-state index contributed by atoms with van der Waals surface area (Å²) in [6.45, 7) is -2.76. The summed E-state index contributed by atoms with van der Waals surface area (Å²) in [7, 11) is 0. The average molecular weight is 251 g/mol. The van der Waals surface area contributed by atoms with Crippen molar-refractivity contribution in [2.24, 2.45) is 0 Å². The highest BCUT2D eigenvalue weighted by molar-refractivity contribution is 5.81. The fourth-order valence-corrected chi connectivity index (χ4v) is 2.82.